The van der Waals surface area contributed by atoms with Crippen molar-refractivity contribution in [2.75, 3.05) is 6.61 Å². The van der Waals surface area contributed by atoms with Crippen LogP contribution in [-0.4, -0.2) is 29.1 Å². The Bertz CT molecular complexity index is 378. The molecule has 1 rings (SSSR count). The average Bonchev–Trinajstić information content (AvgIpc) is 2.25. The smallest absolute Gasteiger partial charge is 0.417 e. The number of rotatable bonds is 4. The molecule has 1 aromatic carbocycles. The molecule has 96 valence electrons. The molecule has 0 amide bonds. The third-order valence-corrected chi connectivity index (χ3v) is 1.95. The largest absolute Gasteiger partial charge is 0.487 e. The fourth-order valence-electron chi connectivity index (χ4n) is 1.02. The van der Waals surface area contributed by atoms with Gasteiger partial charge in [0.15, 0.2) is 17.7 Å². The molecule has 0 bridgehead atoms. The predicted octanol–water partition coefficient (Wildman–Crippen LogP) is 1.62. The van der Waals surface area contributed by atoms with Crippen molar-refractivity contribution < 1.29 is 32.5 Å². The van der Waals surface area contributed by atoms with E-state index in [4.69, 9.17) is 10.2 Å². The molecular formula is C10H10F4O3. The molecule has 7 heteroatoms. The number of alkyl halides is 3. The van der Waals surface area contributed by atoms with Crippen LogP contribution in [0.5, 0.6) is 5.75 Å². The van der Waals surface area contributed by atoms with Gasteiger partial charge in [-0.2, -0.15) is 13.2 Å². The van der Waals surface area contributed by atoms with E-state index >= 15 is 0 Å². The summed E-state index contributed by atoms with van der Waals surface area (Å²) in [4.78, 5) is 0. The highest BCUT2D eigenvalue weighted by Gasteiger charge is 2.38. The summed E-state index contributed by atoms with van der Waals surface area (Å²) in [6, 6.07) is 3.33. The number of hydrogen-bond acceptors (Lipinski definition) is 3. The molecule has 1 unspecified atom stereocenters. The minimum absolute atomic E-state index is 0.270. The molecule has 0 radical (unpaired) electrons. The number of aliphatic hydroxyl groups excluding tert-OH is 2. The summed E-state index contributed by atoms with van der Waals surface area (Å²) in [6.45, 7) is -1.47. The number of ether oxygens (including phenoxy) is 1. The molecule has 0 aliphatic carbocycles. The Hall–Kier alpha value is -1.34. The van der Waals surface area contributed by atoms with Gasteiger partial charge < -0.3 is 14.9 Å². The summed E-state index contributed by atoms with van der Waals surface area (Å²) < 4.78 is 53.4. The second-order valence-corrected chi connectivity index (χ2v) is 3.29. The normalized spacial score (nSPS) is 13.5. The van der Waals surface area contributed by atoms with Crippen molar-refractivity contribution in [1.29, 1.82) is 0 Å². The van der Waals surface area contributed by atoms with Crippen LogP contribution < -0.4 is 4.74 Å². The minimum atomic E-state index is -4.80. The molecule has 0 aliphatic rings. The van der Waals surface area contributed by atoms with Gasteiger partial charge in [-0.1, -0.05) is 6.07 Å². The van der Waals surface area contributed by atoms with Gasteiger partial charge in [0.05, 0.1) is 6.61 Å². The lowest BCUT2D eigenvalue weighted by molar-refractivity contribution is -0.210. The van der Waals surface area contributed by atoms with E-state index in [2.05, 4.69) is 4.74 Å². The van der Waals surface area contributed by atoms with E-state index in [1.54, 1.807) is 0 Å². The van der Waals surface area contributed by atoms with Gasteiger partial charge in [-0.15, -0.1) is 0 Å². The van der Waals surface area contributed by atoms with Crippen LogP contribution in [0.4, 0.5) is 17.6 Å². The van der Waals surface area contributed by atoms with E-state index in [1.807, 2.05) is 0 Å². The fourth-order valence-corrected chi connectivity index (χ4v) is 1.02. The summed E-state index contributed by atoms with van der Waals surface area (Å²) in [5, 5.41) is 17.3. The first-order valence-corrected chi connectivity index (χ1v) is 4.61. The number of halogens is 4. The Morgan fingerprint density at radius 1 is 1.29 bits per heavy atom. The van der Waals surface area contributed by atoms with Crippen LogP contribution in [0, 0.1) is 5.82 Å². The van der Waals surface area contributed by atoms with Crippen LogP contribution >= 0.6 is 0 Å². The van der Waals surface area contributed by atoms with Crippen LogP contribution in [-0.2, 0) is 6.61 Å². The van der Waals surface area contributed by atoms with E-state index in [-0.39, 0.29) is 12.2 Å². The van der Waals surface area contributed by atoms with Gasteiger partial charge in [-0.05, 0) is 17.7 Å². The Balaban J connectivity index is 2.64. The molecule has 17 heavy (non-hydrogen) atoms. The monoisotopic (exact) mass is 254 g/mol. The Kier molecular flexibility index (Phi) is 4.30. The van der Waals surface area contributed by atoms with Crippen molar-refractivity contribution in [3.63, 3.8) is 0 Å². The van der Waals surface area contributed by atoms with Gasteiger partial charge in [0.1, 0.15) is 6.61 Å². The maximum Gasteiger partial charge on any atom is 0.417 e. The highest BCUT2D eigenvalue weighted by atomic mass is 19.4. The van der Waals surface area contributed by atoms with Gasteiger partial charge in [0, 0.05) is 0 Å². The molecule has 0 saturated heterocycles. The van der Waals surface area contributed by atoms with E-state index in [0.717, 1.165) is 12.1 Å². The quantitative estimate of drug-likeness (QED) is 0.803. The molecule has 2 N–H and O–H groups in total. The first kappa shape index (κ1) is 13.7. The highest BCUT2D eigenvalue weighted by Crippen LogP contribution is 2.23. The lowest BCUT2D eigenvalue weighted by atomic mass is 10.2. The maximum absolute atomic E-state index is 13.2. The summed E-state index contributed by atoms with van der Waals surface area (Å²) >= 11 is 0. The summed E-state index contributed by atoms with van der Waals surface area (Å²) in [7, 11) is 0. The summed E-state index contributed by atoms with van der Waals surface area (Å²) in [6.07, 6.45) is -7.47. The molecule has 0 heterocycles. The van der Waals surface area contributed by atoms with Crippen LogP contribution in [0.15, 0.2) is 18.2 Å². The third kappa shape index (κ3) is 3.86. The van der Waals surface area contributed by atoms with E-state index in [0.29, 0.717) is 0 Å². The standard InChI is InChI=1S/C10H10F4O3/c11-7-3-6(4-15)1-2-8(7)17-5-9(16)10(12,13)14/h1-3,9,15-16H,4-5H2. The minimum Gasteiger partial charge on any atom is -0.487 e. The van der Waals surface area contributed by atoms with Gasteiger partial charge in [-0.3, -0.25) is 0 Å². The lowest BCUT2D eigenvalue weighted by Gasteiger charge is -2.15. The predicted molar refractivity (Wildman–Crippen MR) is 49.9 cm³/mol. The van der Waals surface area contributed by atoms with Gasteiger partial charge in [-0.25, -0.2) is 4.39 Å². The average molecular weight is 254 g/mol. The van der Waals surface area contributed by atoms with Gasteiger partial charge >= 0.3 is 6.18 Å². The van der Waals surface area contributed by atoms with E-state index < -0.39 is 30.5 Å². The Morgan fingerprint density at radius 2 is 1.94 bits per heavy atom. The van der Waals surface area contributed by atoms with Crippen molar-refractivity contribution in [2.45, 2.75) is 18.9 Å². The first-order valence-electron chi connectivity index (χ1n) is 4.61. The van der Waals surface area contributed by atoms with E-state index in [9.17, 15) is 17.6 Å². The van der Waals surface area contributed by atoms with Crippen molar-refractivity contribution in [3.8, 4) is 5.75 Å². The summed E-state index contributed by atoms with van der Waals surface area (Å²) in [5.74, 6) is -1.31. The molecule has 0 aliphatic heterocycles. The Morgan fingerprint density at radius 3 is 2.41 bits per heavy atom. The molecule has 3 nitrogen and oxygen atoms in total. The molecule has 0 aromatic heterocycles. The van der Waals surface area contributed by atoms with Crippen molar-refractivity contribution >= 4 is 0 Å². The van der Waals surface area contributed by atoms with Crippen LogP contribution in [0.2, 0.25) is 0 Å². The second kappa shape index (κ2) is 5.33. The van der Waals surface area contributed by atoms with Gasteiger partial charge in [0.2, 0.25) is 0 Å². The molecule has 1 aromatic rings. The highest BCUT2D eigenvalue weighted by molar-refractivity contribution is 5.29. The third-order valence-electron chi connectivity index (χ3n) is 1.95. The van der Waals surface area contributed by atoms with Crippen molar-refractivity contribution in [2.24, 2.45) is 0 Å². The summed E-state index contributed by atoms with van der Waals surface area (Å²) in [5.41, 5.74) is 0.270. The molecule has 0 fully saturated rings. The molecule has 0 saturated carbocycles. The SMILES string of the molecule is OCc1ccc(OCC(O)C(F)(F)F)c(F)c1. The molecular weight excluding hydrogens is 244 g/mol. The number of hydrogen-bond donors (Lipinski definition) is 2. The first-order chi connectivity index (χ1) is 7.84. The fraction of sp³-hybridized carbons (Fsp3) is 0.400. The van der Waals surface area contributed by atoms with Crippen LogP contribution in [0.3, 0.4) is 0 Å². The number of aliphatic hydroxyl groups is 2. The zero-order valence-electron chi connectivity index (χ0n) is 8.54. The number of benzene rings is 1. The van der Waals surface area contributed by atoms with Gasteiger partial charge in [0.25, 0.3) is 0 Å². The Labute approximate surface area is 94.3 Å². The zero-order chi connectivity index (χ0) is 13.1. The topological polar surface area (TPSA) is 49.7 Å². The lowest BCUT2D eigenvalue weighted by Crippen LogP contribution is -2.34. The van der Waals surface area contributed by atoms with Crippen LogP contribution in [0.1, 0.15) is 5.56 Å². The van der Waals surface area contributed by atoms with Crippen molar-refractivity contribution in [1.82, 2.24) is 0 Å². The molecule has 0 spiro atoms. The van der Waals surface area contributed by atoms with Crippen LogP contribution in [0.25, 0.3) is 0 Å². The van der Waals surface area contributed by atoms with Crippen molar-refractivity contribution in [3.05, 3.63) is 29.6 Å². The second-order valence-electron chi connectivity index (χ2n) is 3.29. The van der Waals surface area contributed by atoms with E-state index in [1.165, 1.54) is 6.07 Å². The zero-order valence-corrected chi connectivity index (χ0v) is 8.54. The molecule has 1 atom stereocenters. The maximum atomic E-state index is 13.2.